The van der Waals surface area contributed by atoms with E-state index in [0.717, 1.165) is 18.7 Å². The van der Waals surface area contributed by atoms with Crippen LogP contribution in [0, 0.1) is 0 Å². The number of ether oxygens (including phenoxy) is 1. The highest BCUT2D eigenvalue weighted by Gasteiger charge is 2.42. The first-order valence-corrected chi connectivity index (χ1v) is 9.66. The molecule has 0 aromatic heterocycles. The SMILES string of the molecule is CCCNC1CCCN(C2CCOC3(CCSC3)C2)C1. The number of hydrogen-bond donors (Lipinski definition) is 1. The molecule has 3 atom stereocenters. The number of nitrogens with zero attached hydrogens (tertiary/aromatic N) is 1. The molecule has 1 N–H and O–H groups in total. The van der Waals surface area contributed by atoms with E-state index >= 15 is 0 Å². The molecular weight excluding hydrogens is 268 g/mol. The van der Waals surface area contributed by atoms with Gasteiger partial charge in [-0.3, -0.25) is 4.90 Å². The fourth-order valence-corrected chi connectivity index (χ4v) is 5.41. The Kier molecular flexibility index (Phi) is 5.29. The van der Waals surface area contributed by atoms with Gasteiger partial charge in [0.15, 0.2) is 0 Å². The molecule has 3 fully saturated rings. The van der Waals surface area contributed by atoms with Gasteiger partial charge in [0, 0.05) is 31.0 Å². The van der Waals surface area contributed by atoms with E-state index in [1.54, 1.807) is 0 Å². The summed E-state index contributed by atoms with van der Waals surface area (Å²) in [7, 11) is 0. The third-order valence-corrected chi connectivity index (χ3v) is 6.41. The molecule has 0 aromatic rings. The lowest BCUT2D eigenvalue weighted by molar-refractivity contribution is -0.0927. The van der Waals surface area contributed by atoms with E-state index in [2.05, 4.69) is 28.9 Å². The summed E-state index contributed by atoms with van der Waals surface area (Å²) in [5.41, 5.74) is 0.234. The molecule has 0 aromatic carbocycles. The molecule has 4 heteroatoms. The summed E-state index contributed by atoms with van der Waals surface area (Å²) in [5.74, 6) is 2.53. The van der Waals surface area contributed by atoms with Gasteiger partial charge >= 0.3 is 0 Å². The number of thioether (sulfide) groups is 1. The van der Waals surface area contributed by atoms with E-state index in [9.17, 15) is 0 Å². The molecule has 0 aliphatic carbocycles. The Morgan fingerprint density at radius 2 is 2.35 bits per heavy atom. The van der Waals surface area contributed by atoms with Crippen LogP contribution in [-0.2, 0) is 4.74 Å². The van der Waals surface area contributed by atoms with E-state index in [-0.39, 0.29) is 5.60 Å². The van der Waals surface area contributed by atoms with Gasteiger partial charge in [-0.15, -0.1) is 0 Å². The second-order valence-corrected chi connectivity index (χ2v) is 7.87. The summed E-state index contributed by atoms with van der Waals surface area (Å²) in [6.07, 6.45) is 7.77. The van der Waals surface area contributed by atoms with E-state index in [4.69, 9.17) is 4.74 Å². The molecule has 0 saturated carbocycles. The van der Waals surface area contributed by atoms with E-state index < -0.39 is 0 Å². The molecule has 3 nitrogen and oxygen atoms in total. The maximum atomic E-state index is 6.18. The van der Waals surface area contributed by atoms with E-state index in [0.29, 0.717) is 0 Å². The quantitative estimate of drug-likeness (QED) is 0.862. The van der Waals surface area contributed by atoms with Crippen molar-refractivity contribution in [2.45, 2.75) is 63.1 Å². The van der Waals surface area contributed by atoms with Gasteiger partial charge in [-0.2, -0.15) is 11.8 Å². The lowest BCUT2D eigenvalue weighted by Gasteiger charge is -2.45. The van der Waals surface area contributed by atoms with Crippen molar-refractivity contribution in [2.75, 3.05) is 37.7 Å². The van der Waals surface area contributed by atoms with Crippen molar-refractivity contribution in [3.8, 4) is 0 Å². The largest absolute Gasteiger partial charge is 0.374 e. The maximum Gasteiger partial charge on any atom is 0.0795 e. The van der Waals surface area contributed by atoms with Crippen LogP contribution >= 0.6 is 11.8 Å². The molecule has 3 heterocycles. The molecule has 3 unspecified atom stereocenters. The smallest absolute Gasteiger partial charge is 0.0795 e. The van der Waals surface area contributed by atoms with Crippen molar-refractivity contribution in [2.24, 2.45) is 0 Å². The monoisotopic (exact) mass is 298 g/mol. The zero-order valence-electron chi connectivity index (χ0n) is 12.9. The lowest BCUT2D eigenvalue weighted by Crippen LogP contribution is -2.54. The zero-order valence-corrected chi connectivity index (χ0v) is 13.7. The Balaban J connectivity index is 1.54. The summed E-state index contributed by atoms with van der Waals surface area (Å²) < 4.78 is 6.18. The molecule has 20 heavy (non-hydrogen) atoms. The van der Waals surface area contributed by atoms with Crippen LogP contribution in [0.4, 0.5) is 0 Å². The van der Waals surface area contributed by atoms with Crippen molar-refractivity contribution in [1.29, 1.82) is 0 Å². The number of piperidine rings is 1. The van der Waals surface area contributed by atoms with Gasteiger partial charge < -0.3 is 10.1 Å². The second-order valence-electron chi connectivity index (χ2n) is 6.77. The molecule has 3 rings (SSSR count). The van der Waals surface area contributed by atoms with Crippen molar-refractivity contribution < 1.29 is 4.74 Å². The van der Waals surface area contributed by atoms with Gasteiger partial charge in [-0.05, 0) is 57.4 Å². The van der Waals surface area contributed by atoms with Gasteiger partial charge in [0.2, 0.25) is 0 Å². The molecule has 3 saturated heterocycles. The first kappa shape index (κ1) is 15.1. The first-order chi connectivity index (χ1) is 9.81. The van der Waals surface area contributed by atoms with Gasteiger partial charge in [-0.25, -0.2) is 0 Å². The Labute approximate surface area is 128 Å². The highest BCUT2D eigenvalue weighted by atomic mass is 32.2. The van der Waals surface area contributed by atoms with Gasteiger partial charge in [0.1, 0.15) is 0 Å². The van der Waals surface area contributed by atoms with Gasteiger partial charge in [0.05, 0.1) is 5.60 Å². The Morgan fingerprint density at radius 1 is 1.40 bits per heavy atom. The van der Waals surface area contributed by atoms with Crippen LogP contribution in [0.15, 0.2) is 0 Å². The summed E-state index contributed by atoms with van der Waals surface area (Å²) in [6, 6.07) is 1.49. The Bertz CT molecular complexity index is 307. The second kappa shape index (κ2) is 6.99. The average molecular weight is 298 g/mol. The predicted molar refractivity (Wildman–Crippen MR) is 86.5 cm³/mol. The van der Waals surface area contributed by atoms with Crippen molar-refractivity contribution in [3.63, 3.8) is 0 Å². The summed E-state index contributed by atoms with van der Waals surface area (Å²) >= 11 is 2.08. The standard InChI is InChI=1S/C16H30N2OS/c1-2-7-17-14-4-3-8-18(12-14)15-5-9-19-16(11-15)6-10-20-13-16/h14-15,17H,2-13H2,1H3. The van der Waals surface area contributed by atoms with Crippen LogP contribution < -0.4 is 5.32 Å². The summed E-state index contributed by atoms with van der Waals surface area (Å²) in [5, 5.41) is 3.72. The van der Waals surface area contributed by atoms with Crippen LogP contribution in [0.5, 0.6) is 0 Å². The molecule has 0 bridgehead atoms. The first-order valence-electron chi connectivity index (χ1n) is 8.50. The van der Waals surface area contributed by atoms with Crippen molar-refractivity contribution in [1.82, 2.24) is 10.2 Å². The number of rotatable bonds is 4. The summed E-state index contributed by atoms with van der Waals surface area (Å²) in [6.45, 7) is 6.97. The minimum atomic E-state index is 0.234. The average Bonchev–Trinajstić information content (AvgIpc) is 2.93. The number of hydrogen-bond acceptors (Lipinski definition) is 4. The van der Waals surface area contributed by atoms with Crippen molar-refractivity contribution >= 4 is 11.8 Å². The van der Waals surface area contributed by atoms with Crippen LogP contribution in [0.2, 0.25) is 0 Å². The molecule has 0 amide bonds. The minimum Gasteiger partial charge on any atom is -0.374 e. The van der Waals surface area contributed by atoms with Gasteiger partial charge in [0.25, 0.3) is 0 Å². The third-order valence-electron chi connectivity index (χ3n) is 5.19. The predicted octanol–water partition coefficient (Wildman–Crippen LogP) is 2.51. The molecular formula is C16H30N2OS. The van der Waals surface area contributed by atoms with Crippen LogP contribution in [0.3, 0.4) is 0 Å². The van der Waals surface area contributed by atoms with Gasteiger partial charge in [-0.1, -0.05) is 6.92 Å². The number of likely N-dealkylation sites (tertiary alicyclic amines) is 1. The van der Waals surface area contributed by atoms with Crippen molar-refractivity contribution in [3.05, 3.63) is 0 Å². The van der Waals surface area contributed by atoms with Crippen LogP contribution in [0.25, 0.3) is 0 Å². The highest BCUT2D eigenvalue weighted by Crippen LogP contribution is 2.39. The highest BCUT2D eigenvalue weighted by molar-refractivity contribution is 7.99. The fraction of sp³-hybridized carbons (Fsp3) is 1.00. The van der Waals surface area contributed by atoms with Crippen LogP contribution in [-0.4, -0.2) is 60.3 Å². The molecule has 116 valence electrons. The molecule has 3 aliphatic rings. The number of nitrogens with one attached hydrogen (secondary N) is 1. The normalized spacial score (nSPS) is 39.5. The zero-order chi connectivity index (χ0) is 13.8. The Hall–Kier alpha value is 0.230. The van der Waals surface area contributed by atoms with E-state index in [1.807, 2.05) is 0 Å². The minimum absolute atomic E-state index is 0.234. The molecule has 1 spiro atoms. The fourth-order valence-electron chi connectivity index (χ4n) is 4.03. The molecule has 0 radical (unpaired) electrons. The lowest BCUT2D eigenvalue weighted by atomic mass is 9.88. The Morgan fingerprint density at radius 3 is 3.15 bits per heavy atom. The molecule has 3 aliphatic heterocycles. The van der Waals surface area contributed by atoms with Crippen LogP contribution in [0.1, 0.15) is 45.4 Å². The third kappa shape index (κ3) is 3.52. The summed E-state index contributed by atoms with van der Waals surface area (Å²) in [4.78, 5) is 2.77. The van der Waals surface area contributed by atoms with E-state index in [1.165, 1.54) is 69.7 Å². The maximum absolute atomic E-state index is 6.18. The topological polar surface area (TPSA) is 24.5 Å².